The Hall–Kier alpha value is -1.54. The van der Waals surface area contributed by atoms with Crippen LogP contribution in [0.2, 0.25) is 0 Å². The highest BCUT2D eigenvalue weighted by molar-refractivity contribution is 5.74. The summed E-state index contributed by atoms with van der Waals surface area (Å²) in [5.41, 5.74) is 0.611. The molecule has 1 aliphatic rings. The Balaban J connectivity index is 2.00. The molecule has 1 saturated heterocycles. The molecule has 3 unspecified atom stereocenters. The summed E-state index contributed by atoms with van der Waals surface area (Å²) >= 11 is 0. The molecule has 0 spiro atoms. The molecule has 0 saturated carbocycles. The van der Waals surface area contributed by atoms with E-state index in [-0.39, 0.29) is 6.61 Å². The monoisotopic (exact) mass is 251 g/mol. The Labute approximate surface area is 102 Å². The molecule has 4 atom stereocenters. The highest BCUT2D eigenvalue weighted by atomic mass is 16.6. The lowest BCUT2D eigenvalue weighted by molar-refractivity contribution is -0.0508. The molecule has 7 nitrogen and oxygen atoms in total. The van der Waals surface area contributed by atoms with Crippen LogP contribution in [-0.4, -0.2) is 54.8 Å². The van der Waals surface area contributed by atoms with Crippen molar-refractivity contribution in [3.8, 4) is 0 Å². The van der Waals surface area contributed by atoms with Crippen LogP contribution in [0.25, 0.3) is 11.0 Å². The number of rotatable bonds is 2. The second-order valence-electron chi connectivity index (χ2n) is 4.25. The molecule has 0 radical (unpaired) electrons. The van der Waals surface area contributed by atoms with E-state index >= 15 is 0 Å². The van der Waals surface area contributed by atoms with Gasteiger partial charge in [0.25, 0.3) is 0 Å². The second-order valence-corrected chi connectivity index (χ2v) is 4.25. The van der Waals surface area contributed by atoms with Crippen LogP contribution in [0.1, 0.15) is 6.23 Å². The molecule has 0 aromatic carbocycles. The average Bonchev–Trinajstić information content (AvgIpc) is 2.93. The Morgan fingerprint density at radius 1 is 1.33 bits per heavy atom. The van der Waals surface area contributed by atoms with Crippen LogP contribution in [0, 0.1) is 0 Å². The van der Waals surface area contributed by atoms with E-state index in [2.05, 4.69) is 9.97 Å². The van der Waals surface area contributed by atoms with Gasteiger partial charge in [0.2, 0.25) is 0 Å². The number of hydrogen-bond acceptors (Lipinski definition) is 6. The summed E-state index contributed by atoms with van der Waals surface area (Å²) in [5.74, 6) is 0. The third-order valence-corrected chi connectivity index (χ3v) is 3.17. The largest absolute Gasteiger partial charge is 0.394 e. The lowest BCUT2D eigenvalue weighted by Gasteiger charge is -2.17. The summed E-state index contributed by atoms with van der Waals surface area (Å²) in [4.78, 5) is 8.01. The molecule has 0 bridgehead atoms. The number of aliphatic hydroxyl groups is 3. The minimum Gasteiger partial charge on any atom is -0.394 e. The van der Waals surface area contributed by atoms with Crippen LogP contribution in [0.4, 0.5) is 0 Å². The Bertz CT molecular complexity index is 558. The first-order chi connectivity index (χ1) is 8.72. The zero-order chi connectivity index (χ0) is 12.7. The third-order valence-electron chi connectivity index (χ3n) is 3.17. The van der Waals surface area contributed by atoms with Crippen molar-refractivity contribution in [2.24, 2.45) is 0 Å². The maximum Gasteiger partial charge on any atom is 0.164 e. The van der Waals surface area contributed by atoms with E-state index in [4.69, 9.17) is 9.84 Å². The molecule has 0 aliphatic carbocycles. The minimum absolute atomic E-state index is 0.344. The third kappa shape index (κ3) is 1.60. The van der Waals surface area contributed by atoms with Crippen LogP contribution in [0.15, 0.2) is 24.8 Å². The van der Waals surface area contributed by atoms with Crippen molar-refractivity contribution in [2.75, 3.05) is 6.61 Å². The van der Waals surface area contributed by atoms with Gasteiger partial charge in [0.15, 0.2) is 6.23 Å². The van der Waals surface area contributed by atoms with E-state index < -0.39 is 24.5 Å². The van der Waals surface area contributed by atoms with Gasteiger partial charge in [-0.15, -0.1) is 0 Å². The minimum atomic E-state index is -1.11. The van der Waals surface area contributed by atoms with Gasteiger partial charge >= 0.3 is 0 Å². The van der Waals surface area contributed by atoms with Crippen molar-refractivity contribution in [1.29, 1.82) is 0 Å². The molecule has 3 N–H and O–H groups in total. The van der Waals surface area contributed by atoms with Crippen molar-refractivity contribution in [3.05, 3.63) is 24.8 Å². The van der Waals surface area contributed by atoms with Crippen LogP contribution in [0.3, 0.4) is 0 Å². The molecule has 3 heterocycles. The molecule has 2 aromatic heterocycles. The molecule has 3 rings (SSSR count). The predicted molar refractivity (Wildman–Crippen MR) is 60.5 cm³/mol. The van der Waals surface area contributed by atoms with Gasteiger partial charge in [0.1, 0.15) is 30.3 Å². The number of ether oxygens (including phenoxy) is 1. The van der Waals surface area contributed by atoms with Crippen LogP contribution >= 0.6 is 0 Å². The van der Waals surface area contributed by atoms with Gasteiger partial charge < -0.3 is 24.6 Å². The lowest BCUT2D eigenvalue weighted by atomic mass is 10.1. The van der Waals surface area contributed by atoms with Gasteiger partial charge in [-0.25, -0.2) is 9.97 Å². The standard InChI is InChI=1S/C11H13N3O4/c15-4-7-8(16)9(17)11(18-7)14-2-1-6-3-12-5-13-10(6)14/h1-3,5,7-9,11,15-17H,4H2/t7?,8?,9?,11-/m1/s1. The summed E-state index contributed by atoms with van der Waals surface area (Å²) in [6.07, 6.45) is 1.00. The fraction of sp³-hybridized carbons (Fsp3) is 0.455. The highest BCUT2D eigenvalue weighted by Gasteiger charge is 2.43. The molecule has 0 amide bonds. The summed E-state index contributed by atoms with van der Waals surface area (Å²) in [7, 11) is 0. The zero-order valence-electron chi connectivity index (χ0n) is 9.42. The molecule has 1 fully saturated rings. The van der Waals surface area contributed by atoms with Crippen molar-refractivity contribution >= 4 is 11.0 Å². The number of aliphatic hydroxyl groups excluding tert-OH is 3. The van der Waals surface area contributed by atoms with Crippen molar-refractivity contribution in [3.63, 3.8) is 0 Å². The Morgan fingerprint density at radius 2 is 2.17 bits per heavy atom. The normalized spacial score (nSPS) is 32.2. The van der Waals surface area contributed by atoms with Crippen LogP contribution in [-0.2, 0) is 4.74 Å². The molecule has 18 heavy (non-hydrogen) atoms. The van der Waals surface area contributed by atoms with E-state index in [1.165, 1.54) is 6.33 Å². The lowest BCUT2D eigenvalue weighted by Crippen LogP contribution is -2.33. The maximum atomic E-state index is 9.94. The van der Waals surface area contributed by atoms with Gasteiger partial charge in [-0.3, -0.25) is 0 Å². The fourth-order valence-electron chi connectivity index (χ4n) is 2.21. The Kier molecular flexibility index (Phi) is 2.75. The first-order valence-corrected chi connectivity index (χ1v) is 5.61. The first-order valence-electron chi connectivity index (χ1n) is 5.61. The Morgan fingerprint density at radius 3 is 2.89 bits per heavy atom. The van der Waals surface area contributed by atoms with Gasteiger partial charge in [0, 0.05) is 17.8 Å². The quantitative estimate of drug-likeness (QED) is 0.635. The second kappa shape index (κ2) is 4.29. The summed E-state index contributed by atoms with van der Waals surface area (Å²) < 4.78 is 7.07. The molecular weight excluding hydrogens is 238 g/mol. The summed E-state index contributed by atoms with van der Waals surface area (Å²) in [6.45, 7) is -0.344. The number of fused-ring (bicyclic) bond motifs is 1. The number of hydrogen-bond donors (Lipinski definition) is 3. The smallest absolute Gasteiger partial charge is 0.164 e. The van der Waals surface area contributed by atoms with E-state index in [0.717, 1.165) is 5.39 Å². The van der Waals surface area contributed by atoms with E-state index in [1.807, 2.05) is 0 Å². The van der Waals surface area contributed by atoms with Gasteiger partial charge in [-0.05, 0) is 6.07 Å². The predicted octanol–water partition coefficient (Wildman–Crippen LogP) is -0.957. The van der Waals surface area contributed by atoms with E-state index in [0.29, 0.717) is 5.65 Å². The highest BCUT2D eigenvalue weighted by Crippen LogP contribution is 2.31. The molecule has 1 aliphatic heterocycles. The number of nitrogens with zero attached hydrogens (tertiary/aromatic N) is 3. The fourth-order valence-corrected chi connectivity index (χ4v) is 2.21. The number of aromatic nitrogens is 3. The van der Waals surface area contributed by atoms with Crippen molar-refractivity contribution in [1.82, 2.24) is 14.5 Å². The van der Waals surface area contributed by atoms with Crippen molar-refractivity contribution < 1.29 is 20.1 Å². The average molecular weight is 251 g/mol. The molecule has 2 aromatic rings. The zero-order valence-corrected chi connectivity index (χ0v) is 9.42. The summed E-state index contributed by atoms with van der Waals surface area (Å²) in [5, 5.41) is 29.5. The topological polar surface area (TPSA) is 101 Å². The van der Waals surface area contributed by atoms with Gasteiger partial charge in [0.05, 0.1) is 6.61 Å². The molecular formula is C11H13N3O4. The van der Waals surface area contributed by atoms with Gasteiger partial charge in [-0.2, -0.15) is 0 Å². The molecule has 7 heteroatoms. The SMILES string of the molecule is OCC1O[C@@H](n2ccc3cncnc32)C(O)C1O. The summed E-state index contributed by atoms with van der Waals surface area (Å²) in [6, 6.07) is 1.80. The maximum absolute atomic E-state index is 9.94. The van der Waals surface area contributed by atoms with Crippen LogP contribution in [0.5, 0.6) is 0 Å². The van der Waals surface area contributed by atoms with Gasteiger partial charge in [-0.1, -0.05) is 0 Å². The van der Waals surface area contributed by atoms with Crippen molar-refractivity contribution in [2.45, 2.75) is 24.5 Å². The first kappa shape index (κ1) is 11.5. The van der Waals surface area contributed by atoms with Crippen LogP contribution < -0.4 is 0 Å². The molecule has 96 valence electrons. The van der Waals surface area contributed by atoms with E-state index in [9.17, 15) is 10.2 Å². The van der Waals surface area contributed by atoms with E-state index in [1.54, 1.807) is 23.0 Å².